The van der Waals surface area contributed by atoms with Crippen molar-refractivity contribution in [2.24, 2.45) is 0 Å². The number of nitrogens with zero attached hydrogens (tertiary/aromatic N) is 1. The summed E-state index contributed by atoms with van der Waals surface area (Å²) >= 11 is 0. The van der Waals surface area contributed by atoms with Gasteiger partial charge in [-0.3, -0.25) is 9.59 Å². The maximum absolute atomic E-state index is 12.0. The van der Waals surface area contributed by atoms with E-state index in [-0.39, 0.29) is 23.4 Å². The molecule has 0 saturated carbocycles. The van der Waals surface area contributed by atoms with Gasteiger partial charge in [0, 0.05) is 6.42 Å². The van der Waals surface area contributed by atoms with Crippen molar-refractivity contribution in [3.8, 4) is 0 Å². The molecule has 0 spiro atoms. The molecule has 0 radical (unpaired) electrons. The minimum atomic E-state index is -0.349. The van der Waals surface area contributed by atoms with Gasteiger partial charge in [0.1, 0.15) is 12.8 Å². The molecule has 84 valence electrons. The van der Waals surface area contributed by atoms with E-state index in [1.165, 1.54) is 0 Å². The molecule has 15 heavy (non-hydrogen) atoms. The Kier molecular flexibility index (Phi) is 2.42. The highest BCUT2D eigenvalue weighted by Gasteiger charge is 2.41. The van der Waals surface area contributed by atoms with Crippen LogP contribution in [-0.4, -0.2) is 41.6 Å². The first kappa shape index (κ1) is 10.4. The van der Waals surface area contributed by atoms with Crippen molar-refractivity contribution in [3.05, 3.63) is 0 Å². The quantitative estimate of drug-likeness (QED) is 0.658. The Morgan fingerprint density at radius 2 is 2.33 bits per heavy atom. The van der Waals surface area contributed by atoms with Crippen molar-refractivity contribution in [1.29, 1.82) is 0 Å². The topological polar surface area (TPSA) is 58.6 Å². The lowest BCUT2D eigenvalue weighted by molar-refractivity contribution is -0.138. The summed E-state index contributed by atoms with van der Waals surface area (Å²) in [6.45, 7) is 4.82. The molecule has 1 atom stereocenters. The highest BCUT2D eigenvalue weighted by Crippen LogP contribution is 2.23. The van der Waals surface area contributed by atoms with Gasteiger partial charge in [-0.25, -0.2) is 0 Å². The lowest BCUT2D eigenvalue weighted by atomic mass is 10.0. The molecule has 5 heteroatoms. The molecule has 0 aromatic heterocycles. The third-order valence-electron chi connectivity index (χ3n) is 2.97. The van der Waals surface area contributed by atoms with Crippen LogP contribution in [0.5, 0.6) is 0 Å². The fourth-order valence-corrected chi connectivity index (χ4v) is 1.99. The van der Waals surface area contributed by atoms with Crippen molar-refractivity contribution in [1.82, 2.24) is 10.2 Å². The van der Waals surface area contributed by atoms with Gasteiger partial charge in [-0.05, 0) is 20.3 Å². The first-order chi connectivity index (χ1) is 7.00. The molecule has 0 aliphatic carbocycles. The Bertz CT molecular complexity index is 301. The molecule has 1 unspecified atom stereocenters. The minimum Gasteiger partial charge on any atom is -0.359 e. The average molecular weight is 212 g/mol. The molecule has 0 aromatic carbocycles. The van der Waals surface area contributed by atoms with E-state index in [4.69, 9.17) is 4.74 Å². The molecule has 0 aromatic rings. The molecule has 1 N–H and O–H groups in total. The van der Waals surface area contributed by atoms with Gasteiger partial charge in [-0.2, -0.15) is 0 Å². The number of hydrogen-bond donors (Lipinski definition) is 1. The monoisotopic (exact) mass is 212 g/mol. The maximum Gasteiger partial charge on any atom is 0.247 e. The zero-order valence-corrected chi connectivity index (χ0v) is 9.08. The summed E-state index contributed by atoms with van der Waals surface area (Å²) in [5.74, 6) is -0.0605. The molecule has 2 aliphatic heterocycles. The number of carbonyl (C=O) groups is 2. The van der Waals surface area contributed by atoms with E-state index in [9.17, 15) is 9.59 Å². The predicted octanol–water partition coefficient (Wildman–Crippen LogP) is -0.140. The standard InChI is InChI=1S/C10H16N2O3/c1-10(2)5-15-6-12(10)9(14)7-3-4-8(13)11-7/h7H,3-6H2,1-2H3,(H,11,13). The minimum absolute atomic E-state index is 0.0247. The van der Waals surface area contributed by atoms with Gasteiger partial charge < -0.3 is 15.0 Å². The molecule has 0 bridgehead atoms. The third-order valence-corrected chi connectivity index (χ3v) is 2.97. The second-order valence-corrected chi connectivity index (χ2v) is 4.72. The fourth-order valence-electron chi connectivity index (χ4n) is 1.99. The van der Waals surface area contributed by atoms with Crippen LogP contribution in [0.3, 0.4) is 0 Å². The van der Waals surface area contributed by atoms with Gasteiger partial charge >= 0.3 is 0 Å². The van der Waals surface area contributed by atoms with Crippen molar-refractivity contribution in [2.45, 2.75) is 38.3 Å². The molecule has 2 aliphatic rings. The maximum atomic E-state index is 12.0. The Labute approximate surface area is 88.8 Å². The third kappa shape index (κ3) is 1.84. The number of rotatable bonds is 1. The van der Waals surface area contributed by atoms with Gasteiger partial charge in [0.25, 0.3) is 0 Å². The number of amides is 2. The lowest BCUT2D eigenvalue weighted by Gasteiger charge is -2.31. The van der Waals surface area contributed by atoms with E-state index in [1.54, 1.807) is 4.90 Å². The van der Waals surface area contributed by atoms with Gasteiger partial charge in [0.15, 0.2) is 0 Å². The number of carbonyl (C=O) groups excluding carboxylic acids is 2. The van der Waals surface area contributed by atoms with E-state index in [1.807, 2.05) is 13.8 Å². The largest absolute Gasteiger partial charge is 0.359 e. The summed E-state index contributed by atoms with van der Waals surface area (Å²) in [6, 6.07) is -0.349. The smallest absolute Gasteiger partial charge is 0.247 e. The second-order valence-electron chi connectivity index (χ2n) is 4.72. The van der Waals surface area contributed by atoms with Crippen LogP contribution in [0.25, 0.3) is 0 Å². The van der Waals surface area contributed by atoms with Crippen molar-refractivity contribution in [2.75, 3.05) is 13.3 Å². The van der Waals surface area contributed by atoms with E-state index < -0.39 is 0 Å². The fraction of sp³-hybridized carbons (Fsp3) is 0.800. The van der Waals surface area contributed by atoms with E-state index in [0.29, 0.717) is 26.2 Å². The van der Waals surface area contributed by atoms with Crippen LogP contribution in [-0.2, 0) is 14.3 Å². The molecule has 2 rings (SSSR count). The number of ether oxygens (including phenoxy) is 1. The van der Waals surface area contributed by atoms with Crippen LogP contribution in [0.1, 0.15) is 26.7 Å². The molecule has 2 amide bonds. The first-order valence-corrected chi connectivity index (χ1v) is 5.19. The Balaban J connectivity index is 2.05. The molecular formula is C10H16N2O3. The summed E-state index contributed by atoms with van der Waals surface area (Å²) in [7, 11) is 0. The van der Waals surface area contributed by atoms with Crippen molar-refractivity contribution < 1.29 is 14.3 Å². The summed E-state index contributed by atoms with van der Waals surface area (Å²) in [6.07, 6.45) is 1.05. The molecule has 2 heterocycles. The zero-order chi connectivity index (χ0) is 11.1. The normalized spacial score (nSPS) is 29.3. The zero-order valence-electron chi connectivity index (χ0n) is 9.08. The predicted molar refractivity (Wildman–Crippen MR) is 52.9 cm³/mol. The average Bonchev–Trinajstić information content (AvgIpc) is 2.70. The molecular weight excluding hydrogens is 196 g/mol. The molecule has 2 saturated heterocycles. The Morgan fingerprint density at radius 1 is 1.60 bits per heavy atom. The van der Waals surface area contributed by atoms with Crippen molar-refractivity contribution in [3.63, 3.8) is 0 Å². The van der Waals surface area contributed by atoms with Crippen LogP contribution in [0.2, 0.25) is 0 Å². The van der Waals surface area contributed by atoms with Crippen LogP contribution < -0.4 is 5.32 Å². The summed E-state index contributed by atoms with van der Waals surface area (Å²) in [5, 5.41) is 2.68. The summed E-state index contributed by atoms with van der Waals surface area (Å²) in [5.41, 5.74) is -0.260. The highest BCUT2D eigenvalue weighted by atomic mass is 16.5. The second kappa shape index (κ2) is 3.48. The number of nitrogens with one attached hydrogen (secondary N) is 1. The molecule has 5 nitrogen and oxygen atoms in total. The van der Waals surface area contributed by atoms with Crippen LogP contribution >= 0.6 is 0 Å². The number of hydrogen-bond acceptors (Lipinski definition) is 3. The van der Waals surface area contributed by atoms with Gasteiger partial charge in [0.05, 0.1) is 12.1 Å². The van der Waals surface area contributed by atoms with Gasteiger partial charge in [-0.15, -0.1) is 0 Å². The Morgan fingerprint density at radius 3 is 2.80 bits per heavy atom. The lowest BCUT2D eigenvalue weighted by Crippen LogP contribution is -2.51. The van der Waals surface area contributed by atoms with Gasteiger partial charge in [0.2, 0.25) is 11.8 Å². The van der Waals surface area contributed by atoms with Crippen LogP contribution in [0.4, 0.5) is 0 Å². The first-order valence-electron chi connectivity index (χ1n) is 5.19. The van der Waals surface area contributed by atoms with E-state index in [2.05, 4.69) is 5.32 Å². The summed E-state index contributed by atoms with van der Waals surface area (Å²) in [4.78, 5) is 24.8. The Hall–Kier alpha value is -1.10. The van der Waals surface area contributed by atoms with Crippen LogP contribution in [0, 0.1) is 0 Å². The van der Waals surface area contributed by atoms with Crippen molar-refractivity contribution >= 4 is 11.8 Å². The summed E-state index contributed by atoms with van der Waals surface area (Å²) < 4.78 is 5.27. The van der Waals surface area contributed by atoms with Gasteiger partial charge in [-0.1, -0.05) is 0 Å². The molecule has 2 fully saturated rings. The SMILES string of the molecule is CC1(C)COCN1C(=O)C1CCC(=O)N1. The highest BCUT2D eigenvalue weighted by molar-refractivity contribution is 5.91. The van der Waals surface area contributed by atoms with E-state index in [0.717, 1.165) is 0 Å². The van der Waals surface area contributed by atoms with E-state index >= 15 is 0 Å². The van der Waals surface area contributed by atoms with Crippen LogP contribution in [0.15, 0.2) is 0 Å².